The lowest BCUT2D eigenvalue weighted by Gasteiger charge is -2.26. The summed E-state index contributed by atoms with van der Waals surface area (Å²) in [5, 5.41) is 13.1. The van der Waals surface area contributed by atoms with Crippen molar-refractivity contribution in [3.05, 3.63) is 17.7 Å². The Morgan fingerprint density at radius 2 is 2.38 bits per heavy atom. The van der Waals surface area contributed by atoms with Crippen LogP contribution >= 0.6 is 0 Å². The molecule has 4 nitrogen and oxygen atoms in total. The standard InChI is InChI=1S/C12H19N3O/c16-11-3-5-15-10(6-11)8-14-12(15)9-2-1-4-13-7-9/h8-9,11,13,16H,1-7H2. The van der Waals surface area contributed by atoms with Crippen molar-refractivity contribution in [3.8, 4) is 0 Å². The highest BCUT2D eigenvalue weighted by molar-refractivity contribution is 5.13. The fourth-order valence-corrected chi connectivity index (χ4v) is 2.87. The molecular formula is C12H19N3O. The van der Waals surface area contributed by atoms with Crippen molar-refractivity contribution in [2.24, 2.45) is 0 Å². The largest absolute Gasteiger partial charge is 0.393 e. The lowest BCUT2D eigenvalue weighted by Crippen LogP contribution is -2.31. The molecule has 2 aliphatic heterocycles. The zero-order valence-electron chi connectivity index (χ0n) is 9.52. The molecule has 3 rings (SSSR count). The van der Waals surface area contributed by atoms with Crippen molar-refractivity contribution in [2.45, 2.75) is 44.2 Å². The van der Waals surface area contributed by atoms with Gasteiger partial charge in [-0.3, -0.25) is 0 Å². The predicted molar refractivity (Wildman–Crippen MR) is 61.4 cm³/mol. The van der Waals surface area contributed by atoms with E-state index >= 15 is 0 Å². The molecule has 0 saturated carbocycles. The number of nitrogens with one attached hydrogen (secondary N) is 1. The van der Waals surface area contributed by atoms with Crippen molar-refractivity contribution in [1.29, 1.82) is 0 Å². The fraction of sp³-hybridized carbons (Fsp3) is 0.750. The Labute approximate surface area is 95.7 Å². The molecule has 88 valence electrons. The summed E-state index contributed by atoms with van der Waals surface area (Å²) in [6, 6.07) is 0. The topological polar surface area (TPSA) is 50.1 Å². The van der Waals surface area contributed by atoms with E-state index in [0.717, 1.165) is 32.5 Å². The van der Waals surface area contributed by atoms with E-state index in [1.807, 2.05) is 6.20 Å². The third-order valence-electron chi connectivity index (χ3n) is 3.76. The molecule has 1 aromatic heterocycles. The second-order valence-electron chi connectivity index (χ2n) is 4.95. The summed E-state index contributed by atoms with van der Waals surface area (Å²) in [5.74, 6) is 1.80. The molecule has 0 amide bonds. The highest BCUT2D eigenvalue weighted by Crippen LogP contribution is 2.26. The summed E-state index contributed by atoms with van der Waals surface area (Å²) < 4.78 is 2.32. The molecule has 16 heavy (non-hydrogen) atoms. The monoisotopic (exact) mass is 221 g/mol. The smallest absolute Gasteiger partial charge is 0.113 e. The molecule has 2 N–H and O–H groups in total. The van der Waals surface area contributed by atoms with Gasteiger partial charge in [0.2, 0.25) is 0 Å². The lowest BCUT2D eigenvalue weighted by molar-refractivity contribution is 0.142. The maximum atomic E-state index is 9.62. The van der Waals surface area contributed by atoms with Crippen molar-refractivity contribution < 1.29 is 5.11 Å². The van der Waals surface area contributed by atoms with Gasteiger partial charge in [0.1, 0.15) is 5.82 Å². The Morgan fingerprint density at radius 1 is 1.44 bits per heavy atom. The van der Waals surface area contributed by atoms with Gasteiger partial charge in [-0.05, 0) is 25.8 Å². The van der Waals surface area contributed by atoms with E-state index in [-0.39, 0.29) is 6.10 Å². The van der Waals surface area contributed by atoms with Crippen LogP contribution < -0.4 is 5.32 Å². The molecule has 2 aliphatic rings. The minimum absolute atomic E-state index is 0.165. The second-order valence-corrected chi connectivity index (χ2v) is 4.95. The van der Waals surface area contributed by atoms with Gasteiger partial charge in [0.05, 0.1) is 6.10 Å². The summed E-state index contributed by atoms with van der Waals surface area (Å²) in [5.41, 5.74) is 1.21. The van der Waals surface area contributed by atoms with E-state index in [9.17, 15) is 5.11 Å². The molecule has 1 saturated heterocycles. The van der Waals surface area contributed by atoms with Gasteiger partial charge < -0.3 is 15.0 Å². The Balaban J connectivity index is 1.85. The number of imidazole rings is 1. The zero-order valence-corrected chi connectivity index (χ0v) is 9.52. The zero-order chi connectivity index (χ0) is 11.0. The molecule has 0 bridgehead atoms. The number of nitrogens with zero attached hydrogens (tertiary/aromatic N) is 2. The third kappa shape index (κ3) is 1.76. The predicted octanol–water partition coefficient (Wildman–Crippen LogP) is 0.657. The number of aliphatic hydroxyl groups excluding tert-OH is 1. The molecule has 0 aliphatic carbocycles. The number of rotatable bonds is 1. The Morgan fingerprint density at radius 3 is 3.19 bits per heavy atom. The fourth-order valence-electron chi connectivity index (χ4n) is 2.87. The highest BCUT2D eigenvalue weighted by atomic mass is 16.3. The van der Waals surface area contributed by atoms with E-state index in [2.05, 4.69) is 14.9 Å². The number of fused-ring (bicyclic) bond motifs is 1. The first-order valence-electron chi connectivity index (χ1n) is 6.27. The Bertz CT molecular complexity index is 368. The van der Waals surface area contributed by atoms with E-state index < -0.39 is 0 Å². The van der Waals surface area contributed by atoms with Crippen molar-refractivity contribution in [3.63, 3.8) is 0 Å². The molecular weight excluding hydrogens is 202 g/mol. The molecule has 0 aromatic carbocycles. The molecule has 0 radical (unpaired) electrons. The van der Waals surface area contributed by atoms with Crippen LogP contribution in [0.2, 0.25) is 0 Å². The minimum atomic E-state index is -0.165. The Hall–Kier alpha value is -0.870. The van der Waals surface area contributed by atoms with Crippen LogP contribution in [0.5, 0.6) is 0 Å². The van der Waals surface area contributed by atoms with Crippen LogP contribution in [0, 0.1) is 0 Å². The van der Waals surface area contributed by atoms with E-state index in [1.165, 1.54) is 24.4 Å². The van der Waals surface area contributed by atoms with Crippen LogP contribution in [-0.2, 0) is 13.0 Å². The normalized spacial score (nSPS) is 30.1. The molecule has 2 unspecified atom stereocenters. The SMILES string of the molecule is OC1CCn2c(cnc2C2CCCNC2)C1. The van der Waals surface area contributed by atoms with Gasteiger partial charge in [-0.1, -0.05) is 0 Å². The molecule has 3 heterocycles. The first-order valence-corrected chi connectivity index (χ1v) is 6.27. The van der Waals surface area contributed by atoms with Crippen molar-refractivity contribution in [1.82, 2.24) is 14.9 Å². The summed E-state index contributed by atoms with van der Waals surface area (Å²) in [6.45, 7) is 3.13. The van der Waals surface area contributed by atoms with Gasteiger partial charge >= 0.3 is 0 Å². The van der Waals surface area contributed by atoms with Crippen LogP contribution in [0.3, 0.4) is 0 Å². The quantitative estimate of drug-likeness (QED) is 0.732. The van der Waals surface area contributed by atoms with E-state index in [4.69, 9.17) is 0 Å². The van der Waals surface area contributed by atoms with Gasteiger partial charge in [-0.25, -0.2) is 4.98 Å². The summed E-state index contributed by atoms with van der Waals surface area (Å²) >= 11 is 0. The molecule has 1 fully saturated rings. The first kappa shape index (κ1) is 10.3. The van der Waals surface area contributed by atoms with Crippen LogP contribution in [0.4, 0.5) is 0 Å². The lowest BCUT2D eigenvalue weighted by atomic mass is 9.98. The summed E-state index contributed by atoms with van der Waals surface area (Å²) in [4.78, 5) is 4.57. The third-order valence-corrected chi connectivity index (χ3v) is 3.76. The Kier molecular flexibility index (Phi) is 2.69. The van der Waals surface area contributed by atoms with Crippen molar-refractivity contribution >= 4 is 0 Å². The average Bonchev–Trinajstić information content (AvgIpc) is 2.73. The van der Waals surface area contributed by atoms with Crippen LogP contribution in [0.1, 0.15) is 36.7 Å². The number of aromatic nitrogens is 2. The van der Waals surface area contributed by atoms with Crippen LogP contribution in [0.15, 0.2) is 6.20 Å². The number of aliphatic hydroxyl groups is 1. The average molecular weight is 221 g/mol. The van der Waals surface area contributed by atoms with E-state index in [0.29, 0.717) is 5.92 Å². The second kappa shape index (κ2) is 4.18. The summed E-state index contributed by atoms with van der Waals surface area (Å²) in [7, 11) is 0. The number of hydrogen-bond donors (Lipinski definition) is 2. The molecule has 1 aromatic rings. The van der Waals surface area contributed by atoms with Gasteiger partial charge in [0.15, 0.2) is 0 Å². The summed E-state index contributed by atoms with van der Waals surface area (Å²) in [6.07, 6.45) is 5.92. The molecule has 4 heteroatoms. The van der Waals surface area contributed by atoms with Crippen molar-refractivity contribution in [2.75, 3.05) is 13.1 Å². The van der Waals surface area contributed by atoms with Crippen LogP contribution in [-0.4, -0.2) is 33.9 Å². The first-order chi connectivity index (χ1) is 7.84. The number of piperidine rings is 1. The van der Waals surface area contributed by atoms with Gasteiger partial charge in [0, 0.05) is 37.3 Å². The molecule has 2 atom stereocenters. The van der Waals surface area contributed by atoms with E-state index in [1.54, 1.807) is 0 Å². The number of hydrogen-bond acceptors (Lipinski definition) is 3. The maximum Gasteiger partial charge on any atom is 0.113 e. The molecule has 0 spiro atoms. The van der Waals surface area contributed by atoms with Gasteiger partial charge in [0.25, 0.3) is 0 Å². The maximum absolute atomic E-state index is 9.62. The van der Waals surface area contributed by atoms with Gasteiger partial charge in [-0.2, -0.15) is 0 Å². The minimum Gasteiger partial charge on any atom is -0.393 e. The van der Waals surface area contributed by atoms with Crippen LogP contribution in [0.25, 0.3) is 0 Å². The van der Waals surface area contributed by atoms with Gasteiger partial charge in [-0.15, -0.1) is 0 Å². The highest BCUT2D eigenvalue weighted by Gasteiger charge is 2.25.